The van der Waals surface area contributed by atoms with E-state index in [1.165, 1.54) is 24.3 Å². The number of hydrogen-bond acceptors (Lipinski definition) is 4. The van der Waals surface area contributed by atoms with Gasteiger partial charge in [0.2, 0.25) is 3.79 Å². The van der Waals surface area contributed by atoms with Crippen LogP contribution < -0.4 is 10.6 Å². The Bertz CT molecular complexity index is 824. The molecule has 1 atom stereocenters. The Labute approximate surface area is 173 Å². The summed E-state index contributed by atoms with van der Waals surface area (Å²) in [5.74, 6) is -0.525. The third-order valence-electron chi connectivity index (χ3n) is 3.17. The molecule has 11 heteroatoms. The van der Waals surface area contributed by atoms with Crippen LogP contribution in [0.2, 0.25) is 10.0 Å². The average molecular weight is 458 g/mol. The molecule has 1 amide bonds. The number of carbonyl (C=O) groups is 1. The smallest absolute Gasteiger partial charge is 0.271 e. The maximum Gasteiger partial charge on any atom is 0.271 e. The Balaban J connectivity index is 2.22. The lowest BCUT2D eigenvalue weighted by Gasteiger charge is -2.27. The van der Waals surface area contributed by atoms with Crippen LogP contribution in [0.1, 0.15) is 10.4 Å². The minimum absolute atomic E-state index is 0.0270. The molecule has 0 aliphatic rings. The number of halogens is 5. The molecule has 0 fully saturated rings. The summed E-state index contributed by atoms with van der Waals surface area (Å²) in [6.45, 7) is 0. The van der Waals surface area contributed by atoms with Gasteiger partial charge in [-0.1, -0.05) is 58.0 Å². The number of non-ortho nitro benzene ring substituents is 1. The highest BCUT2D eigenvalue weighted by atomic mass is 35.6. The van der Waals surface area contributed by atoms with Crippen molar-refractivity contribution in [1.29, 1.82) is 0 Å². The quantitative estimate of drug-likeness (QED) is 0.271. The second kappa shape index (κ2) is 8.50. The van der Waals surface area contributed by atoms with E-state index in [0.717, 1.165) is 6.07 Å². The second-order valence-electron chi connectivity index (χ2n) is 5.02. The number of nitro benzene ring substituents is 1. The van der Waals surface area contributed by atoms with Crippen LogP contribution >= 0.6 is 58.0 Å². The molecule has 0 saturated heterocycles. The highest BCUT2D eigenvalue weighted by Crippen LogP contribution is 2.34. The molecule has 6 nitrogen and oxygen atoms in total. The molecule has 0 saturated carbocycles. The summed E-state index contributed by atoms with van der Waals surface area (Å²) in [4.78, 5) is 22.5. The first-order valence-electron chi connectivity index (χ1n) is 6.91. The molecule has 0 aromatic heterocycles. The monoisotopic (exact) mass is 455 g/mol. The van der Waals surface area contributed by atoms with E-state index in [2.05, 4.69) is 10.6 Å². The summed E-state index contributed by atoms with van der Waals surface area (Å²) < 4.78 is -1.94. The van der Waals surface area contributed by atoms with Crippen LogP contribution in [-0.2, 0) is 0 Å². The lowest BCUT2D eigenvalue weighted by Crippen LogP contribution is -2.49. The molecule has 26 heavy (non-hydrogen) atoms. The summed E-state index contributed by atoms with van der Waals surface area (Å²) >= 11 is 29.6. The van der Waals surface area contributed by atoms with Crippen molar-refractivity contribution in [3.8, 4) is 0 Å². The van der Waals surface area contributed by atoms with Crippen molar-refractivity contribution in [3.05, 3.63) is 68.2 Å². The number of alkyl halides is 3. The van der Waals surface area contributed by atoms with Gasteiger partial charge in [-0.15, -0.1) is 0 Å². The standard InChI is InChI=1S/C15H10Cl5N3O3/c16-9-3-1-8(2-4-9)13(24)22-14(15(18,19)20)21-12-6-5-10(23(25)26)7-11(12)17/h1-7,14,21H,(H,22,24)/t14-/m0/s1. The minimum atomic E-state index is -1.94. The topological polar surface area (TPSA) is 84.3 Å². The molecule has 0 heterocycles. The predicted octanol–water partition coefficient (Wildman–Crippen LogP) is 5.44. The maximum atomic E-state index is 12.3. The summed E-state index contributed by atoms with van der Waals surface area (Å²) in [5.41, 5.74) is 0.339. The third kappa shape index (κ3) is 5.53. The number of nitrogens with one attached hydrogen (secondary N) is 2. The summed E-state index contributed by atoms with van der Waals surface area (Å²) in [6, 6.07) is 9.81. The van der Waals surface area contributed by atoms with Gasteiger partial charge < -0.3 is 10.6 Å². The third-order valence-corrected chi connectivity index (χ3v) is 4.39. The van der Waals surface area contributed by atoms with Gasteiger partial charge in [-0.25, -0.2) is 0 Å². The Morgan fingerprint density at radius 3 is 2.19 bits per heavy atom. The number of carbonyl (C=O) groups excluding carboxylic acids is 1. The zero-order chi connectivity index (χ0) is 19.5. The summed E-state index contributed by atoms with van der Waals surface area (Å²) in [5, 5.41) is 16.5. The van der Waals surface area contributed by atoms with Crippen LogP contribution in [0, 0.1) is 10.1 Å². The van der Waals surface area contributed by atoms with Crippen molar-refractivity contribution in [3.63, 3.8) is 0 Å². The van der Waals surface area contributed by atoms with E-state index in [1.54, 1.807) is 12.1 Å². The van der Waals surface area contributed by atoms with E-state index in [0.29, 0.717) is 10.6 Å². The lowest BCUT2D eigenvalue weighted by molar-refractivity contribution is -0.384. The molecule has 0 radical (unpaired) electrons. The van der Waals surface area contributed by atoms with Gasteiger partial charge in [-0.05, 0) is 30.3 Å². The van der Waals surface area contributed by atoms with Gasteiger partial charge in [0, 0.05) is 22.7 Å². The zero-order valence-electron chi connectivity index (χ0n) is 12.7. The Hall–Kier alpha value is -1.44. The van der Waals surface area contributed by atoms with Gasteiger partial charge >= 0.3 is 0 Å². The average Bonchev–Trinajstić information content (AvgIpc) is 2.55. The van der Waals surface area contributed by atoms with Crippen LogP contribution in [-0.4, -0.2) is 20.8 Å². The fraction of sp³-hybridized carbons (Fsp3) is 0.133. The predicted molar refractivity (Wildman–Crippen MR) is 105 cm³/mol. The van der Waals surface area contributed by atoms with Crippen LogP contribution in [0.3, 0.4) is 0 Å². The molecule has 0 unspecified atom stereocenters. The fourth-order valence-corrected chi connectivity index (χ4v) is 2.59. The van der Waals surface area contributed by atoms with Gasteiger partial charge in [-0.3, -0.25) is 14.9 Å². The molecule has 2 rings (SSSR count). The van der Waals surface area contributed by atoms with Crippen LogP contribution in [0.15, 0.2) is 42.5 Å². The first kappa shape index (κ1) is 20.9. The van der Waals surface area contributed by atoms with Gasteiger partial charge in [0.05, 0.1) is 15.6 Å². The molecule has 2 aromatic rings. The number of amides is 1. The van der Waals surface area contributed by atoms with Crippen molar-refractivity contribution < 1.29 is 9.72 Å². The van der Waals surface area contributed by atoms with Crippen LogP contribution in [0.25, 0.3) is 0 Å². The van der Waals surface area contributed by atoms with Crippen molar-refractivity contribution >= 4 is 75.3 Å². The molecule has 0 aliphatic heterocycles. The molecule has 2 N–H and O–H groups in total. The second-order valence-corrected chi connectivity index (χ2v) is 8.23. The van der Waals surface area contributed by atoms with E-state index in [9.17, 15) is 14.9 Å². The lowest BCUT2D eigenvalue weighted by atomic mass is 10.2. The maximum absolute atomic E-state index is 12.3. The molecule has 0 spiro atoms. The Kier molecular flexibility index (Phi) is 6.82. The Morgan fingerprint density at radius 2 is 1.69 bits per heavy atom. The fourth-order valence-electron chi connectivity index (χ4n) is 1.91. The summed E-state index contributed by atoms with van der Waals surface area (Å²) in [6.07, 6.45) is -1.17. The number of rotatable bonds is 5. The van der Waals surface area contributed by atoms with Crippen molar-refractivity contribution in [2.24, 2.45) is 0 Å². The molecule has 0 aliphatic carbocycles. The van der Waals surface area contributed by atoms with Crippen molar-refractivity contribution in [2.45, 2.75) is 9.96 Å². The van der Waals surface area contributed by atoms with Crippen LogP contribution in [0.5, 0.6) is 0 Å². The van der Waals surface area contributed by atoms with Gasteiger partial charge in [-0.2, -0.15) is 0 Å². The minimum Gasteiger partial charge on any atom is -0.361 e. The van der Waals surface area contributed by atoms with Gasteiger partial charge in [0.1, 0.15) is 6.17 Å². The molecular formula is C15H10Cl5N3O3. The van der Waals surface area contributed by atoms with Crippen molar-refractivity contribution in [2.75, 3.05) is 5.32 Å². The first-order valence-corrected chi connectivity index (χ1v) is 8.80. The summed E-state index contributed by atoms with van der Waals surface area (Å²) in [7, 11) is 0. The molecular weight excluding hydrogens is 447 g/mol. The zero-order valence-corrected chi connectivity index (χ0v) is 16.5. The first-order chi connectivity index (χ1) is 12.1. The van der Waals surface area contributed by atoms with E-state index in [1.807, 2.05) is 0 Å². The van der Waals surface area contributed by atoms with Crippen LogP contribution in [0.4, 0.5) is 11.4 Å². The highest BCUT2D eigenvalue weighted by Gasteiger charge is 2.34. The van der Waals surface area contributed by atoms with E-state index in [-0.39, 0.29) is 16.4 Å². The number of nitro groups is 1. The number of hydrogen-bond donors (Lipinski definition) is 2. The largest absolute Gasteiger partial charge is 0.361 e. The highest BCUT2D eigenvalue weighted by molar-refractivity contribution is 6.68. The SMILES string of the molecule is O=C(N[C@H](Nc1ccc([N+](=O)[O-])cc1Cl)C(Cl)(Cl)Cl)c1ccc(Cl)cc1. The van der Waals surface area contributed by atoms with E-state index >= 15 is 0 Å². The van der Waals surface area contributed by atoms with E-state index < -0.39 is 20.8 Å². The van der Waals surface area contributed by atoms with E-state index in [4.69, 9.17) is 58.0 Å². The molecule has 138 valence electrons. The van der Waals surface area contributed by atoms with Gasteiger partial charge in [0.15, 0.2) is 0 Å². The Morgan fingerprint density at radius 1 is 1.08 bits per heavy atom. The normalized spacial score (nSPS) is 12.3. The van der Waals surface area contributed by atoms with Gasteiger partial charge in [0.25, 0.3) is 11.6 Å². The molecule has 2 aromatic carbocycles. The number of nitrogens with zero attached hydrogens (tertiary/aromatic N) is 1. The number of benzene rings is 2. The van der Waals surface area contributed by atoms with Crippen molar-refractivity contribution in [1.82, 2.24) is 5.32 Å². The molecule has 0 bridgehead atoms. The number of anilines is 1.